The molecule has 2 aromatic rings. The number of hydrogen-bond acceptors (Lipinski definition) is 7. The van der Waals surface area contributed by atoms with Gasteiger partial charge in [0.05, 0.1) is 30.5 Å². The first-order valence-electron chi connectivity index (χ1n) is 10.0. The van der Waals surface area contributed by atoms with E-state index in [1.54, 1.807) is 25.1 Å². The molecule has 3 rings (SSSR count). The van der Waals surface area contributed by atoms with Crippen molar-refractivity contribution in [2.75, 3.05) is 19.5 Å². The number of methoxy groups -OCH3 is 2. The Labute approximate surface area is 207 Å². The Balaban J connectivity index is 1.65. The van der Waals surface area contributed by atoms with E-state index in [2.05, 4.69) is 20.8 Å². The van der Waals surface area contributed by atoms with Gasteiger partial charge in [-0.3, -0.25) is 9.59 Å². The molecule has 2 N–H and O–H groups in total. The third-order valence-electron chi connectivity index (χ3n) is 4.79. The number of carbonyl (C=O) groups excluding carboxylic acids is 2. The normalized spacial score (nSPS) is 17.3. The number of amides is 2. The zero-order chi connectivity index (χ0) is 25.8. The van der Waals surface area contributed by atoms with Gasteiger partial charge in [-0.15, -0.1) is 5.10 Å². The molecule has 1 aliphatic heterocycles. The number of halogens is 4. The summed E-state index contributed by atoms with van der Waals surface area (Å²) >= 11 is 6.58. The first-order chi connectivity index (χ1) is 16.5. The molecule has 2 amide bonds. The number of alkyl halides is 3. The van der Waals surface area contributed by atoms with Crippen LogP contribution >= 0.6 is 23.4 Å². The predicted molar refractivity (Wildman–Crippen MR) is 128 cm³/mol. The number of rotatable bonds is 7. The van der Waals surface area contributed by atoms with Crippen LogP contribution in [0.2, 0.25) is 5.02 Å². The summed E-state index contributed by atoms with van der Waals surface area (Å²) in [6.45, 7) is 1.71. The number of nitrogens with zero attached hydrogens (tertiary/aromatic N) is 2. The van der Waals surface area contributed by atoms with E-state index >= 15 is 0 Å². The van der Waals surface area contributed by atoms with Gasteiger partial charge in [0.15, 0.2) is 5.17 Å². The van der Waals surface area contributed by atoms with E-state index in [-0.39, 0.29) is 17.3 Å². The van der Waals surface area contributed by atoms with Crippen molar-refractivity contribution < 1.29 is 32.2 Å². The minimum absolute atomic E-state index is 0.0855. The summed E-state index contributed by atoms with van der Waals surface area (Å²) < 4.78 is 49.5. The van der Waals surface area contributed by atoms with Crippen molar-refractivity contribution in [3.05, 3.63) is 52.5 Å². The van der Waals surface area contributed by atoms with E-state index < -0.39 is 33.8 Å². The van der Waals surface area contributed by atoms with Crippen molar-refractivity contribution in [3.63, 3.8) is 0 Å². The van der Waals surface area contributed by atoms with E-state index in [4.69, 9.17) is 21.1 Å². The summed E-state index contributed by atoms with van der Waals surface area (Å²) in [5, 5.41) is 11.9. The highest BCUT2D eigenvalue weighted by molar-refractivity contribution is 8.15. The van der Waals surface area contributed by atoms with E-state index in [0.29, 0.717) is 22.8 Å². The monoisotopic (exact) mass is 528 g/mol. The maximum Gasteiger partial charge on any atom is 0.417 e. The lowest BCUT2D eigenvalue weighted by molar-refractivity contribution is -0.137. The Kier molecular flexibility index (Phi) is 8.28. The molecule has 8 nitrogen and oxygen atoms in total. The number of anilines is 1. The van der Waals surface area contributed by atoms with Crippen LogP contribution in [0.3, 0.4) is 0 Å². The smallest absolute Gasteiger partial charge is 0.417 e. The molecule has 0 bridgehead atoms. The van der Waals surface area contributed by atoms with E-state index in [1.807, 2.05) is 0 Å². The van der Waals surface area contributed by atoms with E-state index in [1.165, 1.54) is 20.3 Å². The number of amidine groups is 1. The van der Waals surface area contributed by atoms with Gasteiger partial charge in [-0.05, 0) is 37.3 Å². The highest BCUT2D eigenvalue weighted by atomic mass is 35.5. The highest BCUT2D eigenvalue weighted by Crippen LogP contribution is 2.36. The second-order valence-electron chi connectivity index (χ2n) is 7.20. The van der Waals surface area contributed by atoms with Crippen LogP contribution in [0.1, 0.15) is 24.5 Å². The minimum atomic E-state index is -4.67. The number of thioether (sulfide) groups is 1. The van der Waals surface area contributed by atoms with Crippen LogP contribution in [0.15, 0.2) is 46.6 Å². The maximum atomic E-state index is 13.0. The molecular formula is C22H20ClF3N4O4S. The molecule has 1 saturated heterocycles. The SMILES string of the molecule is COc1ccc(C(C)=N/N=C2\NC(=O)C(CC(=O)Nc3ccc(Cl)c(C(F)(F)F)c3)S2)c(OC)c1. The quantitative estimate of drug-likeness (QED) is 0.400. The molecule has 0 aliphatic carbocycles. The zero-order valence-electron chi connectivity index (χ0n) is 18.7. The summed E-state index contributed by atoms with van der Waals surface area (Å²) in [5.74, 6) is 0.0277. The highest BCUT2D eigenvalue weighted by Gasteiger charge is 2.34. The molecule has 1 heterocycles. The fourth-order valence-electron chi connectivity index (χ4n) is 3.06. The summed E-state index contributed by atoms with van der Waals surface area (Å²) in [4.78, 5) is 24.6. The molecule has 0 radical (unpaired) electrons. The Bertz CT molecular complexity index is 1200. The van der Waals surface area contributed by atoms with Crippen LogP contribution in [0.25, 0.3) is 0 Å². The topological polar surface area (TPSA) is 101 Å². The van der Waals surface area contributed by atoms with Crippen LogP contribution in [0.4, 0.5) is 18.9 Å². The third kappa shape index (κ3) is 6.67. The molecule has 1 aliphatic rings. The van der Waals surface area contributed by atoms with Gasteiger partial charge in [-0.25, -0.2) is 0 Å². The summed E-state index contributed by atoms with van der Waals surface area (Å²) in [7, 11) is 3.04. The van der Waals surface area contributed by atoms with Crippen molar-refractivity contribution in [2.45, 2.75) is 24.8 Å². The fourth-order valence-corrected chi connectivity index (χ4v) is 4.20. The lowest BCUT2D eigenvalue weighted by Gasteiger charge is -2.12. The van der Waals surface area contributed by atoms with Gasteiger partial charge in [0.1, 0.15) is 16.7 Å². The second-order valence-corrected chi connectivity index (χ2v) is 8.80. The van der Waals surface area contributed by atoms with Crippen molar-refractivity contribution >= 4 is 51.7 Å². The number of carbonyl (C=O) groups is 2. The predicted octanol–water partition coefficient (Wildman–Crippen LogP) is 4.72. The number of nitrogens with one attached hydrogen (secondary N) is 2. The summed E-state index contributed by atoms with van der Waals surface area (Å²) in [6, 6.07) is 8.21. The van der Waals surface area contributed by atoms with Gasteiger partial charge in [-0.1, -0.05) is 23.4 Å². The summed E-state index contributed by atoms with van der Waals surface area (Å²) in [5.41, 5.74) is 0.0270. The molecule has 0 aromatic heterocycles. The number of benzene rings is 2. The Morgan fingerprint density at radius 1 is 1.20 bits per heavy atom. The molecule has 0 saturated carbocycles. The molecule has 13 heteroatoms. The van der Waals surface area contributed by atoms with Gasteiger partial charge in [-0.2, -0.15) is 18.3 Å². The van der Waals surface area contributed by atoms with Crippen molar-refractivity contribution in [2.24, 2.45) is 10.2 Å². The lowest BCUT2D eigenvalue weighted by atomic mass is 10.1. The Morgan fingerprint density at radius 3 is 2.60 bits per heavy atom. The zero-order valence-corrected chi connectivity index (χ0v) is 20.3. The Hall–Kier alpha value is -3.25. The van der Waals surface area contributed by atoms with Crippen molar-refractivity contribution in [3.8, 4) is 11.5 Å². The first kappa shape index (κ1) is 26.4. The molecule has 1 unspecified atom stereocenters. The first-order valence-corrected chi connectivity index (χ1v) is 11.3. The van der Waals surface area contributed by atoms with Crippen LogP contribution < -0.4 is 20.1 Å². The van der Waals surface area contributed by atoms with E-state index in [9.17, 15) is 22.8 Å². The molecule has 2 aromatic carbocycles. The molecule has 1 fully saturated rings. The van der Waals surface area contributed by atoms with Crippen LogP contribution in [-0.2, 0) is 15.8 Å². The largest absolute Gasteiger partial charge is 0.497 e. The minimum Gasteiger partial charge on any atom is -0.497 e. The standard InChI is InChI=1S/C22H20ClF3N4O4S/c1-11(14-6-5-13(33-2)9-17(14)34-3)29-30-21-28-20(32)18(35-21)10-19(31)27-12-4-7-16(23)15(8-12)22(24,25)26/h4-9,18H,10H2,1-3H3,(H,27,31)(H,28,30,32). The maximum absolute atomic E-state index is 13.0. The molecule has 35 heavy (non-hydrogen) atoms. The molecule has 0 spiro atoms. The van der Waals surface area contributed by atoms with Crippen LogP contribution in [-0.4, -0.2) is 42.2 Å². The van der Waals surface area contributed by atoms with E-state index in [0.717, 1.165) is 23.9 Å². The summed E-state index contributed by atoms with van der Waals surface area (Å²) in [6.07, 6.45) is -4.95. The lowest BCUT2D eigenvalue weighted by Crippen LogP contribution is -2.28. The fraction of sp³-hybridized carbons (Fsp3) is 0.273. The number of ether oxygens (including phenoxy) is 2. The molecular weight excluding hydrogens is 509 g/mol. The van der Waals surface area contributed by atoms with Gasteiger partial charge < -0.3 is 20.1 Å². The van der Waals surface area contributed by atoms with Crippen LogP contribution in [0.5, 0.6) is 11.5 Å². The number of hydrogen-bond donors (Lipinski definition) is 2. The van der Waals surface area contributed by atoms with Gasteiger partial charge in [0, 0.05) is 23.7 Å². The molecule has 1 atom stereocenters. The van der Waals surface area contributed by atoms with Crippen molar-refractivity contribution in [1.29, 1.82) is 0 Å². The average Bonchev–Trinajstić information content (AvgIpc) is 3.16. The van der Waals surface area contributed by atoms with Gasteiger partial charge in [0.2, 0.25) is 11.8 Å². The average molecular weight is 529 g/mol. The Morgan fingerprint density at radius 2 is 1.94 bits per heavy atom. The second kappa shape index (κ2) is 11.0. The van der Waals surface area contributed by atoms with Gasteiger partial charge in [0.25, 0.3) is 0 Å². The van der Waals surface area contributed by atoms with Crippen molar-refractivity contribution in [1.82, 2.24) is 5.32 Å². The third-order valence-corrected chi connectivity index (χ3v) is 6.19. The van der Waals surface area contributed by atoms with Gasteiger partial charge >= 0.3 is 6.18 Å². The van der Waals surface area contributed by atoms with Crippen LogP contribution in [0, 0.1) is 0 Å². The molecule has 186 valence electrons.